The number of ketones is 1. The summed E-state index contributed by atoms with van der Waals surface area (Å²) in [5.74, 6) is 0.815. The van der Waals surface area contributed by atoms with Crippen molar-refractivity contribution in [2.24, 2.45) is 16.2 Å². The molecule has 0 saturated heterocycles. The monoisotopic (exact) mass is 715 g/mol. The number of methoxy groups -OCH3 is 1. The second kappa shape index (κ2) is 14.7. The molecule has 0 radical (unpaired) electrons. The highest BCUT2D eigenvalue weighted by Crippen LogP contribution is 2.47. The van der Waals surface area contributed by atoms with Gasteiger partial charge in [0.2, 0.25) is 0 Å². The Labute approximate surface area is 300 Å². The van der Waals surface area contributed by atoms with Crippen molar-refractivity contribution in [1.29, 1.82) is 0 Å². The van der Waals surface area contributed by atoms with E-state index in [1.807, 2.05) is 19.1 Å². The molecule has 10 heteroatoms. The van der Waals surface area contributed by atoms with Gasteiger partial charge in [-0.15, -0.1) is 11.3 Å². The average molecular weight is 716 g/mol. The number of benzene rings is 2. The summed E-state index contributed by atoms with van der Waals surface area (Å²) in [5, 5.41) is 0. The lowest BCUT2D eigenvalue weighted by molar-refractivity contribution is -0.116. The first kappa shape index (κ1) is 35.1. The second-order valence-electron chi connectivity index (χ2n) is 14.8. The number of amides is 1. The van der Waals surface area contributed by atoms with Crippen LogP contribution >= 0.6 is 11.3 Å². The number of ether oxygens (including phenoxy) is 2. The first-order valence-electron chi connectivity index (χ1n) is 18.1. The molecule has 0 unspecified atom stereocenters. The average Bonchev–Trinajstić information content (AvgIpc) is 3.43. The molecular formula is C40H49N3O5S2. The summed E-state index contributed by atoms with van der Waals surface area (Å²) in [4.78, 5) is 35.0. The summed E-state index contributed by atoms with van der Waals surface area (Å²) < 4.78 is 31.5. The molecule has 0 N–H and O–H groups in total. The van der Waals surface area contributed by atoms with Crippen molar-refractivity contribution in [2.75, 3.05) is 43.2 Å². The van der Waals surface area contributed by atoms with Crippen molar-refractivity contribution in [1.82, 2.24) is 4.98 Å². The van der Waals surface area contributed by atoms with Crippen LogP contribution in [0.3, 0.4) is 0 Å². The highest BCUT2D eigenvalue weighted by atomic mass is 32.2. The molecule has 5 atom stereocenters. The maximum absolute atomic E-state index is 14.4. The van der Waals surface area contributed by atoms with Gasteiger partial charge in [-0.25, -0.2) is 9.19 Å². The summed E-state index contributed by atoms with van der Waals surface area (Å²) in [6.07, 6.45) is 11.7. The lowest BCUT2D eigenvalue weighted by atomic mass is 9.68. The van der Waals surface area contributed by atoms with Gasteiger partial charge < -0.3 is 14.4 Å². The summed E-state index contributed by atoms with van der Waals surface area (Å²) in [6, 6.07) is 12.4. The number of hydrogen-bond donors (Lipinski definition) is 0. The number of carbonyl (C=O) groups excluding carboxylic acids is 2. The molecule has 3 heterocycles. The van der Waals surface area contributed by atoms with Crippen molar-refractivity contribution in [3.63, 3.8) is 0 Å². The van der Waals surface area contributed by atoms with Crippen LogP contribution in [0.1, 0.15) is 82.6 Å². The van der Waals surface area contributed by atoms with E-state index in [-0.39, 0.29) is 35.2 Å². The topological polar surface area (TPSA) is 98.2 Å². The predicted molar refractivity (Wildman–Crippen MR) is 200 cm³/mol. The van der Waals surface area contributed by atoms with Crippen LogP contribution in [0.15, 0.2) is 58.4 Å². The quantitative estimate of drug-likeness (QED) is 0.245. The number of nitrogens with zero attached hydrogens (tertiary/aromatic N) is 3. The molecule has 50 heavy (non-hydrogen) atoms. The molecule has 2 aromatic carbocycles. The minimum absolute atomic E-state index is 0.00518. The second-order valence-corrected chi connectivity index (χ2v) is 18.3. The standard InChI is InChI=1S/C40H49N3O5S2/c1-27-10-15-34-29(20-27)8-7-18-40(34)24-43-22-31-11-14-33(31)37(47-3)9-5-4-6-19-50(46,23-32(44)13-16-35-28(2)49-26-41-35)42-39(45)30-12-17-38(48-25-40)36(43)21-30/h5,9-10,12,15,17,20-21,26,31,33,37H,4,6-8,11,13-14,16,18-19,22-25H2,1-3H3/b9-5+/t31-,33+,37-,40-,50+/m0/s1. The Morgan fingerprint density at radius 3 is 2.82 bits per heavy atom. The smallest absolute Gasteiger partial charge is 0.285 e. The van der Waals surface area contributed by atoms with Crippen molar-refractivity contribution >= 4 is 38.4 Å². The summed E-state index contributed by atoms with van der Waals surface area (Å²) in [5.41, 5.74) is 7.80. The molecule has 2 aliphatic carbocycles. The van der Waals surface area contributed by atoms with Crippen molar-refractivity contribution in [3.8, 4) is 5.75 Å². The first-order chi connectivity index (χ1) is 24.1. The van der Waals surface area contributed by atoms with E-state index in [1.54, 1.807) is 30.0 Å². The van der Waals surface area contributed by atoms with Gasteiger partial charge in [-0.3, -0.25) is 9.59 Å². The van der Waals surface area contributed by atoms with E-state index in [9.17, 15) is 13.8 Å². The fourth-order valence-electron chi connectivity index (χ4n) is 8.50. The van der Waals surface area contributed by atoms with E-state index in [1.165, 1.54) is 16.7 Å². The van der Waals surface area contributed by atoms with E-state index in [0.29, 0.717) is 43.3 Å². The van der Waals surface area contributed by atoms with Gasteiger partial charge in [-0.1, -0.05) is 35.9 Å². The fraction of sp³-hybridized carbons (Fsp3) is 0.525. The maximum atomic E-state index is 14.4. The SMILES string of the molecule is CO[C@H]1/C=C/CCC[S@@](=O)(CC(=O)CCc2ncsc2C)=NC(=O)c2ccc3c(c2)N(C[C@@H]2CC[C@H]21)C[C@@]1(CCCc2cc(C)ccc21)CO3. The Kier molecular flexibility index (Phi) is 10.3. The number of aromatic nitrogens is 1. The molecule has 1 saturated carbocycles. The molecule has 266 valence electrons. The van der Waals surface area contributed by atoms with Gasteiger partial charge in [0, 0.05) is 48.2 Å². The number of anilines is 1. The largest absolute Gasteiger partial charge is 0.490 e. The molecule has 1 spiro atoms. The molecule has 1 fully saturated rings. The summed E-state index contributed by atoms with van der Waals surface area (Å²) in [7, 11) is -1.36. The molecule has 1 aromatic heterocycles. The van der Waals surface area contributed by atoms with Crippen LogP contribution in [-0.2, 0) is 37.5 Å². The van der Waals surface area contributed by atoms with Crippen LogP contribution < -0.4 is 9.64 Å². The van der Waals surface area contributed by atoms with E-state index < -0.39 is 15.6 Å². The lowest BCUT2D eigenvalue weighted by Crippen LogP contribution is -2.49. The van der Waals surface area contributed by atoms with Crippen LogP contribution in [0.25, 0.3) is 0 Å². The number of carbonyl (C=O) groups is 2. The van der Waals surface area contributed by atoms with Gasteiger partial charge in [0.15, 0.2) is 0 Å². The van der Waals surface area contributed by atoms with Crippen LogP contribution in [0.5, 0.6) is 5.75 Å². The van der Waals surface area contributed by atoms with Crippen LogP contribution in [0, 0.1) is 25.7 Å². The summed E-state index contributed by atoms with van der Waals surface area (Å²) >= 11 is 1.55. The molecule has 1 amide bonds. The molecule has 3 aromatic rings. The zero-order chi connectivity index (χ0) is 34.9. The van der Waals surface area contributed by atoms with Gasteiger partial charge in [0.05, 0.1) is 45.1 Å². The van der Waals surface area contributed by atoms with E-state index in [4.69, 9.17) is 9.47 Å². The Balaban J connectivity index is 1.24. The molecule has 2 aliphatic heterocycles. The van der Waals surface area contributed by atoms with Gasteiger partial charge >= 0.3 is 0 Å². The van der Waals surface area contributed by atoms with E-state index >= 15 is 0 Å². The molecule has 8 nitrogen and oxygen atoms in total. The third-order valence-corrected chi connectivity index (χ3v) is 14.4. The minimum Gasteiger partial charge on any atom is -0.490 e. The van der Waals surface area contributed by atoms with Crippen molar-refractivity contribution in [2.45, 2.75) is 83.2 Å². The third-order valence-electron chi connectivity index (χ3n) is 11.4. The van der Waals surface area contributed by atoms with Gasteiger partial charge in [-0.2, -0.15) is 4.36 Å². The van der Waals surface area contributed by atoms with Gasteiger partial charge in [0.1, 0.15) is 11.5 Å². The zero-order valence-corrected chi connectivity index (χ0v) is 31.2. The van der Waals surface area contributed by atoms with E-state index in [2.05, 4.69) is 51.5 Å². The highest BCUT2D eigenvalue weighted by molar-refractivity contribution is 7.94. The number of aryl methyl sites for hydroxylation is 4. The molecular weight excluding hydrogens is 667 g/mol. The molecule has 7 rings (SSSR count). The third kappa shape index (κ3) is 7.34. The number of allylic oxidation sites excluding steroid dienone is 1. The number of hydrogen-bond acceptors (Lipinski definition) is 8. The Morgan fingerprint density at radius 1 is 1.16 bits per heavy atom. The first-order valence-corrected chi connectivity index (χ1v) is 20.9. The molecule has 4 aliphatic rings. The number of Topliss-reactive ketones (excluding diaryl/α,β-unsaturated/α-hetero) is 1. The number of rotatable bonds is 6. The van der Waals surface area contributed by atoms with Crippen LogP contribution in [0.4, 0.5) is 5.69 Å². The zero-order valence-electron chi connectivity index (χ0n) is 29.5. The van der Waals surface area contributed by atoms with E-state index in [0.717, 1.165) is 67.2 Å². The van der Waals surface area contributed by atoms with Gasteiger partial charge in [-0.05, 0) is 106 Å². The minimum atomic E-state index is -3.15. The predicted octanol–water partition coefficient (Wildman–Crippen LogP) is 7.43. The Bertz CT molecular complexity index is 1910. The number of fused-ring (bicyclic) bond motifs is 4. The number of thiazole rings is 1. The van der Waals surface area contributed by atoms with Crippen molar-refractivity contribution in [3.05, 3.63) is 86.9 Å². The van der Waals surface area contributed by atoms with Crippen molar-refractivity contribution < 1.29 is 23.3 Å². The maximum Gasteiger partial charge on any atom is 0.285 e. The Hall–Kier alpha value is -3.34. The lowest BCUT2D eigenvalue weighted by Gasteiger charge is -2.46. The molecule has 2 bridgehead atoms. The van der Waals surface area contributed by atoms with Crippen LogP contribution in [0.2, 0.25) is 0 Å². The van der Waals surface area contributed by atoms with Gasteiger partial charge in [0.25, 0.3) is 5.91 Å². The Morgan fingerprint density at radius 2 is 2.04 bits per heavy atom. The highest BCUT2D eigenvalue weighted by Gasteiger charge is 2.44. The fourth-order valence-corrected chi connectivity index (χ4v) is 11.1. The normalized spacial score (nSPS) is 28.7. The summed E-state index contributed by atoms with van der Waals surface area (Å²) in [6.45, 7) is 6.33. The van der Waals surface area contributed by atoms with Crippen LogP contribution in [-0.4, -0.2) is 65.3 Å².